The van der Waals surface area contributed by atoms with E-state index < -0.39 is 9.15 Å². The first-order valence-corrected chi connectivity index (χ1v) is 6.66. The summed E-state index contributed by atoms with van der Waals surface area (Å²) in [4.78, 5) is 3.92. The van der Waals surface area contributed by atoms with E-state index in [1.165, 1.54) is 0 Å². The summed E-state index contributed by atoms with van der Waals surface area (Å²) in [5, 5.41) is 0. The largest absolute Gasteiger partial charge is 0.387 e. The van der Waals surface area contributed by atoms with Crippen LogP contribution in [0.5, 0.6) is 0 Å². The van der Waals surface area contributed by atoms with Crippen LogP contribution in [-0.2, 0) is 9.15 Å². The van der Waals surface area contributed by atoms with Gasteiger partial charge in [0.2, 0.25) is 0 Å². The lowest BCUT2D eigenvalue weighted by atomic mass is 10.2. The molecule has 0 aliphatic heterocycles. The van der Waals surface area contributed by atoms with E-state index in [1.54, 1.807) is 0 Å². The average Bonchev–Trinajstić information content (AvgIpc) is 1.95. The zero-order valence-electron chi connectivity index (χ0n) is 7.60. The van der Waals surface area contributed by atoms with Crippen molar-refractivity contribution in [3.8, 4) is 0 Å². The Labute approximate surface area is 82.0 Å². The Morgan fingerprint density at radius 2 is 2.15 bits per heavy atom. The van der Waals surface area contributed by atoms with Crippen molar-refractivity contribution in [3.63, 3.8) is 0 Å². The number of nitrogens with zero attached hydrogens (tertiary/aromatic N) is 1. The third kappa shape index (κ3) is 9.65. The fraction of sp³-hybridized carbons (Fsp3) is 0.833. The Balaban J connectivity index is 3.87. The highest BCUT2D eigenvalue weighted by atomic mass is 33.1. The monoisotopic (exact) mass is 226 g/mol. The van der Waals surface area contributed by atoms with Gasteiger partial charge in [0.15, 0.2) is 0 Å². The van der Waals surface area contributed by atoms with Gasteiger partial charge in [-0.3, -0.25) is 9.55 Å². The van der Waals surface area contributed by atoms with Crippen LogP contribution < -0.4 is 5.73 Å². The van der Waals surface area contributed by atoms with Gasteiger partial charge in [-0.15, -0.1) is 0 Å². The molecule has 3 N–H and O–H groups in total. The number of aliphatic imine (C=N–C) groups is 1. The molecule has 13 heavy (non-hydrogen) atoms. The average molecular weight is 226 g/mol. The summed E-state index contributed by atoms with van der Waals surface area (Å²) in [6.45, 7) is 4.53. The van der Waals surface area contributed by atoms with Crippen LogP contribution >= 0.6 is 10.8 Å². The Kier molecular flexibility index (Phi) is 5.34. The van der Waals surface area contributed by atoms with Gasteiger partial charge in [-0.1, -0.05) is 13.8 Å². The highest BCUT2D eigenvalue weighted by molar-refractivity contribution is 8.70. The molecule has 0 atom stereocenters. The maximum atomic E-state index is 10.3. The molecule has 0 aliphatic rings. The summed E-state index contributed by atoms with van der Waals surface area (Å²) in [5.74, 6) is 0.622. The summed E-state index contributed by atoms with van der Waals surface area (Å²) in [7, 11) is -3.64. The Morgan fingerprint density at radius 3 is 2.54 bits per heavy atom. The standard InChI is InChI=1S/C6H14N2O3S2/c1-5(2)3-8-6(7)4-12-13(9,10)11/h5H,3-4H2,1-2H3,(H2,7,8)(H,9,10,11). The maximum Gasteiger partial charge on any atom is 0.320 e. The van der Waals surface area contributed by atoms with Gasteiger partial charge in [-0.05, 0) is 5.92 Å². The summed E-state index contributed by atoms with van der Waals surface area (Å²) in [6.07, 6.45) is 0. The van der Waals surface area contributed by atoms with Crippen LogP contribution in [0.2, 0.25) is 0 Å². The second kappa shape index (κ2) is 5.46. The molecular weight excluding hydrogens is 212 g/mol. The van der Waals surface area contributed by atoms with Gasteiger partial charge in [-0.25, -0.2) is 0 Å². The van der Waals surface area contributed by atoms with E-state index in [0.717, 1.165) is 0 Å². The van der Waals surface area contributed by atoms with E-state index in [2.05, 4.69) is 4.99 Å². The smallest absolute Gasteiger partial charge is 0.320 e. The minimum absolute atomic E-state index is 0.00551. The van der Waals surface area contributed by atoms with Crippen molar-refractivity contribution in [1.82, 2.24) is 0 Å². The van der Waals surface area contributed by atoms with Crippen molar-refractivity contribution in [2.75, 3.05) is 12.3 Å². The van der Waals surface area contributed by atoms with Gasteiger partial charge in [0.1, 0.15) is 5.84 Å². The highest BCUT2D eigenvalue weighted by Gasteiger charge is 2.06. The van der Waals surface area contributed by atoms with Crippen LogP contribution in [0.1, 0.15) is 13.8 Å². The van der Waals surface area contributed by atoms with Gasteiger partial charge in [0.05, 0.1) is 5.75 Å². The molecule has 0 fully saturated rings. The topological polar surface area (TPSA) is 92.8 Å². The quantitative estimate of drug-likeness (QED) is 0.309. The van der Waals surface area contributed by atoms with E-state index in [9.17, 15) is 8.42 Å². The van der Waals surface area contributed by atoms with Crippen molar-refractivity contribution in [3.05, 3.63) is 0 Å². The van der Waals surface area contributed by atoms with Crippen molar-refractivity contribution in [1.29, 1.82) is 0 Å². The summed E-state index contributed by atoms with van der Waals surface area (Å²) >= 11 is 0. The lowest BCUT2D eigenvalue weighted by Crippen LogP contribution is -2.17. The molecule has 0 aromatic rings. The normalized spacial score (nSPS) is 13.7. The number of hydrogen-bond donors (Lipinski definition) is 2. The lowest BCUT2D eigenvalue weighted by Gasteiger charge is -2.01. The van der Waals surface area contributed by atoms with Gasteiger partial charge >= 0.3 is 9.15 Å². The summed E-state index contributed by atoms with van der Waals surface area (Å²) in [5.41, 5.74) is 5.38. The van der Waals surface area contributed by atoms with E-state index >= 15 is 0 Å². The molecule has 0 amide bonds. The fourth-order valence-electron chi connectivity index (χ4n) is 0.480. The Hall–Kier alpha value is -0.270. The van der Waals surface area contributed by atoms with Crippen LogP contribution in [0.15, 0.2) is 4.99 Å². The van der Waals surface area contributed by atoms with Crippen molar-refractivity contribution in [2.24, 2.45) is 16.6 Å². The molecule has 0 saturated carbocycles. The van der Waals surface area contributed by atoms with E-state index in [4.69, 9.17) is 10.3 Å². The van der Waals surface area contributed by atoms with Gasteiger partial charge < -0.3 is 5.73 Å². The third-order valence-electron chi connectivity index (χ3n) is 1.02. The molecule has 0 aromatic heterocycles. The second-order valence-corrected chi connectivity index (χ2v) is 6.27. The molecule has 0 rings (SSSR count). The molecule has 0 radical (unpaired) electrons. The maximum absolute atomic E-state index is 10.3. The molecule has 7 heteroatoms. The minimum Gasteiger partial charge on any atom is -0.387 e. The highest BCUT2D eigenvalue weighted by Crippen LogP contribution is 2.07. The first-order valence-electron chi connectivity index (χ1n) is 3.72. The Morgan fingerprint density at radius 1 is 1.62 bits per heavy atom. The lowest BCUT2D eigenvalue weighted by molar-refractivity contribution is 0.503. The molecule has 0 saturated heterocycles. The molecule has 78 valence electrons. The van der Waals surface area contributed by atoms with Crippen LogP contribution in [0.25, 0.3) is 0 Å². The number of hydrogen-bond acceptors (Lipinski definition) is 4. The van der Waals surface area contributed by atoms with Crippen molar-refractivity contribution < 1.29 is 13.0 Å². The first kappa shape index (κ1) is 12.7. The third-order valence-corrected chi connectivity index (χ3v) is 2.97. The number of amidine groups is 1. The van der Waals surface area contributed by atoms with Crippen molar-refractivity contribution >= 4 is 25.8 Å². The predicted molar refractivity (Wildman–Crippen MR) is 55.3 cm³/mol. The van der Waals surface area contributed by atoms with Crippen LogP contribution in [0.4, 0.5) is 0 Å². The molecular formula is C6H14N2O3S2. The molecule has 0 unspecified atom stereocenters. The number of rotatable bonds is 5. The van der Waals surface area contributed by atoms with Crippen LogP contribution in [0.3, 0.4) is 0 Å². The van der Waals surface area contributed by atoms with Crippen molar-refractivity contribution in [2.45, 2.75) is 13.8 Å². The van der Waals surface area contributed by atoms with Gasteiger partial charge in [0, 0.05) is 17.3 Å². The molecule has 0 aliphatic carbocycles. The SMILES string of the molecule is CC(C)CN=C(N)CSS(=O)(=O)O. The number of nitrogens with two attached hydrogens (primary N) is 1. The zero-order chi connectivity index (χ0) is 10.5. The first-order chi connectivity index (χ1) is 5.81. The van der Waals surface area contributed by atoms with Crippen LogP contribution in [-0.4, -0.2) is 31.1 Å². The molecule has 0 aromatic carbocycles. The summed E-state index contributed by atoms with van der Waals surface area (Å²) in [6, 6.07) is 0. The fourth-order valence-corrected chi connectivity index (χ4v) is 1.65. The molecule has 5 nitrogen and oxygen atoms in total. The molecule has 0 spiro atoms. The minimum atomic E-state index is -4.00. The predicted octanol–water partition coefficient (Wildman–Crippen LogP) is 0.536. The molecule has 0 heterocycles. The van der Waals surface area contributed by atoms with Crippen LogP contribution in [0, 0.1) is 5.92 Å². The van der Waals surface area contributed by atoms with Gasteiger partial charge in [0.25, 0.3) is 0 Å². The molecule has 0 bridgehead atoms. The summed E-state index contributed by atoms with van der Waals surface area (Å²) < 4.78 is 28.9. The van der Waals surface area contributed by atoms with E-state index in [0.29, 0.717) is 23.3 Å². The van der Waals surface area contributed by atoms with E-state index in [1.807, 2.05) is 13.8 Å². The zero-order valence-corrected chi connectivity index (χ0v) is 9.23. The van der Waals surface area contributed by atoms with Gasteiger partial charge in [-0.2, -0.15) is 8.42 Å². The second-order valence-electron chi connectivity index (χ2n) is 2.92. The van der Waals surface area contributed by atoms with E-state index in [-0.39, 0.29) is 11.6 Å². The Bertz CT molecular complexity index is 272.